The second-order valence-electron chi connectivity index (χ2n) is 5.19. The molecule has 1 amide bonds. The van der Waals surface area contributed by atoms with Gasteiger partial charge in [0.1, 0.15) is 0 Å². The van der Waals surface area contributed by atoms with E-state index in [1.165, 1.54) is 11.1 Å². The molecule has 0 saturated carbocycles. The Kier molecular flexibility index (Phi) is 4.36. The summed E-state index contributed by atoms with van der Waals surface area (Å²) in [6.45, 7) is 1.34. The van der Waals surface area contributed by atoms with Gasteiger partial charge in [-0.25, -0.2) is 10.4 Å². The number of rotatable bonds is 2. The van der Waals surface area contributed by atoms with Crippen LogP contribution in [0.1, 0.15) is 28.2 Å². The minimum absolute atomic E-state index is 0.243. The number of benzene rings is 1. The fourth-order valence-electron chi connectivity index (χ4n) is 2.34. The fraction of sp³-hybridized carbons (Fsp3) is 0.333. The predicted octanol–water partition coefficient (Wildman–Crippen LogP) is 3.57. The molecule has 1 aromatic carbocycles. The zero-order valence-electron chi connectivity index (χ0n) is 12.1. The molecule has 122 valence electrons. The first-order valence-corrected chi connectivity index (χ1v) is 8.01. The number of alkyl halides is 3. The Balaban J connectivity index is 1.83. The highest BCUT2D eigenvalue weighted by Crippen LogP contribution is 2.32. The van der Waals surface area contributed by atoms with Crippen molar-refractivity contribution >= 4 is 17.2 Å². The maximum absolute atomic E-state index is 12.8. The average Bonchev–Trinajstić information content (AvgIpc) is 3.04. The smallest absolute Gasteiger partial charge is 0.272 e. The zero-order chi connectivity index (χ0) is 16.4. The molecular weight excluding hydrogens is 327 g/mol. The SMILES string of the molecule is O=C(c1nc(-c2cccc(C(F)(F)F)c2)cs1)N1CCCCN1. The molecule has 1 N–H and O–H groups in total. The Morgan fingerprint density at radius 3 is 2.83 bits per heavy atom. The molecule has 0 unspecified atom stereocenters. The summed E-state index contributed by atoms with van der Waals surface area (Å²) in [7, 11) is 0. The van der Waals surface area contributed by atoms with Gasteiger partial charge < -0.3 is 0 Å². The van der Waals surface area contributed by atoms with E-state index in [0.717, 1.165) is 42.9 Å². The predicted molar refractivity (Wildman–Crippen MR) is 80.8 cm³/mol. The maximum atomic E-state index is 12.8. The molecule has 8 heteroatoms. The van der Waals surface area contributed by atoms with Crippen LogP contribution in [0, 0.1) is 0 Å². The lowest BCUT2D eigenvalue weighted by atomic mass is 10.1. The number of hydrogen-bond acceptors (Lipinski definition) is 4. The molecule has 1 saturated heterocycles. The Morgan fingerprint density at radius 1 is 1.30 bits per heavy atom. The van der Waals surface area contributed by atoms with E-state index in [1.54, 1.807) is 11.4 Å². The molecule has 23 heavy (non-hydrogen) atoms. The molecule has 1 aliphatic heterocycles. The van der Waals surface area contributed by atoms with Gasteiger partial charge in [-0.15, -0.1) is 11.3 Å². The van der Waals surface area contributed by atoms with E-state index in [1.807, 2.05) is 0 Å². The molecule has 1 aromatic heterocycles. The van der Waals surface area contributed by atoms with Gasteiger partial charge in [0, 0.05) is 24.0 Å². The topological polar surface area (TPSA) is 45.2 Å². The van der Waals surface area contributed by atoms with Gasteiger partial charge in [-0.1, -0.05) is 12.1 Å². The largest absolute Gasteiger partial charge is 0.416 e. The van der Waals surface area contributed by atoms with Crippen molar-refractivity contribution in [2.45, 2.75) is 19.0 Å². The molecule has 1 fully saturated rings. The van der Waals surface area contributed by atoms with E-state index >= 15 is 0 Å². The van der Waals surface area contributed by atoms with Crippen LogP contribution in [0.4, 0.5) is 13.2 Å². The summed E-state index contributed by atoms with van der Waals surface area (Å²) in [6.07, 6.45) is -2.47. The van der Waals surface area contributed by atoms with Gasteiger partial charge in [0.2, 0.25) is 0 Å². The molecule has 2 aromatic rings. The molecule has 1 aliphatic rings. The summed E-state index contributed by atoms with van der Waals surface area (Å²) in [4.78, 5) is 16.5. The Hall–Kier alpha value is -1.93. The van der Waals surface area contributed by atoms with E-state index < -0.39 is 11.7 Å². The highest BCUT2D eigenvalue weighted by molar-refractivity contribution is 7.12. The Morgan fingerprint density at radius 2 is 2.13 bits per heavy atom. The fourth-order valence-corrected chi connectivity index (χ4v) is 3.11. The number of nitrogens with one attached hydrogen (secondary N) is 1. The summed E-state index contributed by atoms with van der Waals surface area (Å²) in [5.41, 5.74) is 2.99. The number of thiazole rings is 1. The third kappa shape index (κ3) is 3.53. The molecular formula is C15H14F3N3OS. The average molecular weight is 341 g/mol. The minimum Gasteiger partial charge on any atom is -0.272 e. The molecule has 0 aliphatic carbocycles. The lowest BCUT2D eigenvalue weighted by Gasteiger charge is -2.26. The normalized spacial score (nSPS) is 15.7. The van der Waals surface area contributed by atoms with E-state index in [4.69, 9.17) is 0 Å². The quantitative estimate of drug-likeness (QED) is 0.908. The van der Waals surface area contributed by atoms with Crippen LogP contribution in [0.25, 0.3) is 11.3 Å². The van der Waals surface area contributed by atoms with Gasteiger partial charge in [0.15, 0.2) is 5.01 Å². The third-order valence-electron chi connectivity index (χ3n) is 3.53. The number of carbonyl (C=O) groups excluding carboxylic acids is 1. The number of carbonyl (C=O) groups is 1. The number of halogens is 3. The van der Waals surface area contributed by atoms with Crippen LogP contribution < -0.4 is 5.43 Å². The first-order valence-electron chi connectivity index (χ1n) is 7.14. The molecule has 0 spiro atoms. The molecule has 4 nitrogen and oxygen atoms in total. The first kappa shape index (κ1) is 15.9. The van der Waals surface area contributed by atoms with Crippen LogP contribution in [0.2, 0.25) is 0 Å². The van der Waals surface area contributed by atoms with Crippen LogP contribution >= 0.6 is 11.3 Å². The Labute approximate surface area is 134 Å². The third-order valence-corrected chi connectivity index (χ3v) is 4.36. The summed E-state index contributed by atoms with van der Waals surface area (Å²) in [5, 5.41) is 3.39. The monoisotopic (exact) mass is 341 g/mol. The molecule has 2 heterocycles. The molecule has 0 radical (unpaired) electrons. The van der Waals surface area contributed by atoms with Gasteiger partial charge >= 0.3 is 6.18 Å². The van der Waals surface area contributed by atoms with Crippen molar-refractivity contribution in [1.82, 2.24) is 15.4 Å². The number of hydrazine groups is 1. The first-order chi connectivity index (χ1) is 10.9. The Bertz CT molecular complexity index is 708. The molecule has 0 bridgehead atoms. The van der Waals surface area contributed by atoms with E-state index in [0.29, 0.717) is 17.8 Å². The van der Waals surface area contributed by atoms with Crippen molar-refractivity contribution in [2.75, 3.05) is 13.1 Å². The van der Waals surface area contributed by atoms with Crippen LogP contribution in [-0.4, -0.2) is 29.0 Å². The van der Waals surface area contributed by atoms with Gasteiger partial charge in [0.05, 0.1) is 11.3 Å². The van der Waals surface area contributed by atoms with Gasteiger partial charge in [-0.3, -0.25) is 9.80 Å². The second-order valence-corrected chi connectivity index (χ2v) is 6.05. The maximum Gasteiger partial charge on any atom is 0.416 e. The van der Waals surface area contributed by atoms with Gasteiger partial charge in [-0.05, 0) is 25.0 Å². The van der Waals surface area contributed by atoms with Crippen molar-refractivity contribution in [3.05, 3.63) is 40.2 Å². The minimum atomic E-state index is -4.40. The summed E-state index contributed by atoms with van der Waals surface area (Å²) in [6, 6.07) is 4.95. The van der Waals surface area contributed by atoms with E-state index in [2.05, 4.69) is 10.4 Å². The van der Waals surface area contributed by atoms with Crippen LogP contribution in [0.5, 0.6) is 0 Å². The standard InChI is InChI=1S/C15H14F3N3OS/c16-15(17,18)11-5-3-4-10(8-11)12-9-23-13(20-12)14(22)21-7-2-1-6-19-21/h3-5,8-9,19H,1-2,6-7H2. The summed E-state index contributed by atoms with van der Waals surface area (Å²) < 4.78 is 38.3. The van der Waals surface area contributed by atoms with Crippen molar-refractivity contribution in [3.8, 4) is 11.3 Å². The summed E-state index contributed by atoms with van der Waals surface area (Å²) in [5.74, 6) is -0.243. The van der Waals surface area contributed by atoms with E-state index in [-0.39, 0.29) is 10.9 Å². The van der Waals surface area contributed by atoms with Gasteiger partial charge in [-0.2, -0.15) is 13.2 Å². The highest BCUT2D eigenvalue weighted by Gasteiger charge is 2.30. The van der Waals surface area contributed by atoms with Crippen molar-refractivity contribution in [1.29, 1.82) is 0 Å². The lowest BCUT2D eigenvalue weighted by Crippen LogP contribution is -2.46. The number of hydrogen-bond donors (Lipinski definition) is 1. The lowest BCUT2D eigenvalue weighted by molar-refractivity contribution is -0.137. The second kappa shape index (κ2) is 6.29. The van der Waals surface area contributed by atoms with E-state index in [9.17, 15) is 18.0 Å². The highest BCUT2D eigenvalue weighted by atomic mass is 32.1. The van der Waals surface area contributed by atoms with Crippen LogP contribution in [-0.2, 0) is 6.18 Å². The van der Waals surface area contributed by atoms with Crippen LogP contribution in [0.3, 0.4) is 0 Å². The van der Waals surface area contributed by atoms with Gasteiger partial charge in [0.25, 0.3) is 5.91 Å². The number of amides is 1. The zero-order valence-corrected chi connectivity index (χ0v) is 12.9. The van der Waals surface area contributed by atoms with Crippen molar-refractivity contribution in [2.24, 2.45) is 0 Å². The molecule has 0 atom stereocenters. The van der Waals surface area contributed by atoms with Crippen molar-refractivity contribution < 1.29 is 18.0 Å². The number of aromatic nitrogens is 1. The van der Waals surface area contributed by atoms with Crippen molar-refractivity contribution in [3.63, 3.8) is 0 Å². The number of nitrogens with zero attached hydrogens (tertiary/aromatic N) is 2. The molecule has 3 rings (SSSR count). The summed E-state index contributed by atoms with van der Waals surface area (Å²) >= 11 is 1.14. The van der Waals surface area contributed by atoms with Crippen LogP contribution in [0.15, 0.2) is 29.6 Å².